The molecule has 4 rings (SSSR count). The Morgan fingerprint density at radius 2 is 2.06 bits per heavy atom. The van der Waals surface area contributed by atoms with Crippen LogP contribution in [0.2, 0.25) is 0 Å². The number of carbonyl (C=O) groups is 2. The Kier molecular flexibility index (Phi) is 6.99. The van der Waals surface area contributed by atoms with Gasteiger partial charge < -0.3 is 20.6 Å². The van der Waals surface area contributed by atoms with Crippen LogP contribution in [0.15, 0.2) is 12.3 Å². The van der Waals surface area contributed by atoms with E-state index in [0.717, 1.165) is 29.8 Å². The van der Waals surface area contributed by atoms with Crippen LogP contribution in [0.1, 0.15) is 72.3 Å². The smallest absolute Gasteiger partial charge is 0.280 e. The molecule has 2 amide bonds. The molecule has 2 aliphatic rings. The number of hydrogen-bond donors (Lipinski definition) is 3. The molecule has 0 aromatic carbocycles. The minimum Gasteiger partial charge on any atom is -0.394 e. The number of hydrogen-bond acceptors (Lipinski definition) is 7. The van der Waals surface area contributed by atoms with Gasteiger partial charge >= 0.3 is 0 Å². The number of nitrogens with zero attached hydrogens (tertiary/aromatic N) is 3. The van der Waals surface area contributed by atoms with Crippen molar-refractivity contribution in [1.82, 2.24) is 20.2 Å². The Balaban J connectivity index is 1.67. The second-order valence-corrected chi connectivity index (χ2v) is 10.4. The number of aryl methyl sites for hydroxylation is 1. The summed E-state index contributed by atoms with van der Waals surface area (Å²) < 4.78 is 0. The summed E-state index contributed by atoms with van der Waals surface area (Å²) in [5, 5.41) is 15.7. The lowest BCUT2D eigenvalue weighted by molar-refractivity contribution is 0.0743. The number of anilines is 1. The van der Waals surface area contributed by atoms with Crippen LogP contribution in [0.5, 0.6) is 0 Å². The van der Waals surface area contributed by atoms with E-state index in [9.17, 15) is 14.7 Å². The lowest BCUT2D eigenvalue weighted by Crippen LogP contribution is -2.35. The van der Waals surface area contributed by atoms with E-state index in [0.29, 0.717) is 29.1 Å². The first-order valence-corrected chi connectivity index (χ1v) is 12.6. The second-order valence-electron chi connectivity index (χ2n) is 9.40. The third kappa shape index (κ3) is 5.19. The lowest BCUT2D eigenvalue weighted by Gasteiger charge is -2.21. The molecular weight excluding hydrogens is 438 g/mol. The van der Waals surface area contributed by atoms with Gasteiger partial charge in [0.05, 0.1) is 11.5 Å². The van der Waals surface area contributed by atoms with Gasteiger partial charge in [-0.1, -0.05) is 0 Å². The molecule has 1 aliphatic carbocycles. The molecule has 0 unspecified atom stereocenters. The zero-order valence-electron chi connectivity index (χ0n) is 19.7. The quantitative estimate of drug-likeness (QED) is 0.544. The zero-order valence-corrected chi connectivity index (χ0v) is 20.5. The van der Waals surface area contributed by atoms with E-state index in [4.69, 9.17) is 0 Å². The average Bonchev–Trinajstić information content (AvgIpc) is 3.41. The van der Waals surface area contributed by atoms with E-state index < -0.39 is 11.9 Å². The number of aliphatic hydroxyl groups is 1. The zero-order chi connectivity index (χ0) is 23.7. The van der Waals surface area contributed by atoms with E-state index in [1.807, 2.05) is 24.8 Å². The highest BCUT2D eigenvalue weighted by atomic mass is 32.1. The molecule has 2 fully saturated rings. The van der Waals surface area contributed by atoms with Crippen molar-refractivity contribution in [2.24, 2.45) is 5.92 Å². The van der Waals surface area contributed by atoms with Crippen molar-refractivity contribution in [3.8, 4) is 10.4 Å². The van der Waals surface area contributed by atoms with Gasteiger partial charge in [0.1, 0.15) is 11.5 Å². The first kappa shape index (κ1) is 23.6. The molecule has 0 radical (unpaired) electrons. The number of amides is 2. The summed E-state index contributed by atoms with van der Waals surface area (Å²) in [5.41, 5.74) is 2.08. The molecule has 178 valence electrons. The minimum atomic E-state index is -0.398. The Labute approximate surface area is 198 Å². The summed E-state index contributed by atoms with van der Waals surface area (Å²) in [5.74, 6) is 0.987. The van der Waals surface area contributed by atoms with E-state index >= 15 is 0 Å². The van der Waals surface area contributed by atoms with Crippen molar-refractivity contribution >= 4 is 29.0 Å². The first-order valence-electron chi connectivity index (χ1n) is 11.8. The Hall–Kier alpha value is -2.52. The maximum absolute atomic E-state index is 13.4. The van der Waals surface area contributed by atoms with Gasteiger partial charge in [-0.3, -0.25) is 9.59 Å². The van der Waals surface area contributed by atoms with Crippen molar-refractivity contribution in [3.05, 3.63) is 28.5 Å². The van der Waals surface area contributed by atoms with Gasteiger partial charge in [0.25, 0.3) is 11.8 Å². The molecule has 0 spiro atoms. The van der Waals surface area contributed by atoms with E-state index in [1.165, 1.54) is 24.2 Å². The normalized spacial score (nSPS) is 19.9. The van der Waals surface area contributed by atoms with Crippen LogP contribution in [0.4, 0.5) is 5.82 Å². The third-order valence-electron chi connectivity index (χ3n) is 6.55. The molecule has 1 saturated carbocycles. The molecule has 1 saturated heterocycles. The van der Waals surface area contributed by atoms with Crippen molar-refractivity contribution in [3.63, 3.8) is 0 Å². The number of aromatic nitrogens is 2. The van der Waals surface area contributed by atoms with Gasteiger partial charge in [-0.05, 0) is 70.9 Å². The summed E-state index contributed by atoms with van der Waals surface area (Å²) in [7, 11) is 0. The number of rotatable bonds is 8. The van der Waals surface area contributed by atoms with Gasteiger partial charge in [0, 0.05) is 36.4 Å². The summed E-state index contributed by atoms with van der Waals surface area (Å²) in [6, 6.07) is 2.12. The summed E-state index contributed by atoms with van der Waals surface area (Å²) in [6.07, 6.45) is 6.21. The highest BCUT2D eigenvalue weighted by Crippen LogP contribution is 2.36. The largest absolute Gasteiger partial charge is 0.394 e. The first-order chi connectivity index (χ1) is 15.8. The van der Waals surface area contributed by atoms with E-state index in [2.05, 4.69) is 27.5 Å². The molecule has 3 atom stereocenters. The Bertz CT molecular complexity index is 1040. The molecule has 8 nitrogen and oxygen atoms in total. The molecule has 1 aliphatic heterocycles. The van der Waals surface area contributed by atoms with Crippen molar-refractivity contribution < 1.29 is 14.7 Å². The maximum atomic E-state index is 13.4. The fourth-order valence-corrected chi connectivity index (χ4v) is 5.30. The summed E-state index contributed by atoms with van der Waals surface area (Å²) >= 11 is 1.20. The second kappa shape index (κ2) is 9.77. The van der Waals surface area contributed by atoms with Gasteiger partial charge in [0.15, 0.2) is 5.01 Å². The Morgan fingerprint density at radius 3 is 2.67 bits per heavy atom. The van der Waals surface area contributed by atoms with E-state index in [1.54, 1.807) is 13.1 Å². The molecule has 2 aromatic rings. The molecule has 3 N–H and O–H groups in total. The number of pyridine rings is 1. The van der Waals surface area contributed by atoms with Crippen molar-refractivity contribution in [1.29, 1.82) is 0 Å². The van der Waals surface area contributed by atoms with Crippen molar-refractivity contribution in [2.45, 2.75) is 71.5 Å². The Morgan fingerprint density at radius 1 is 1.30 bits per heavy atom. The van der Waals surface area contributed by atoms with Crippen LogP contribution in [0.3, 0.4) is 0 Å². The van der Waals surface area contributed by atoms with Crippen LogP contribution in [0.25, 0.3) is 10.4 Å². The predicted molar refractivity (Wildman–Crippen MR) is 130 cm³/mol. The number of aliphatic hydroxyl groups excluding tert-OH is 1. The number of carbonyl (C=O) groups excluding carboxylic acids is 2. The molecule has 3 heterocycles. The fourth-order valence-electron chi connectivity index (χ4n) is 4.27. The van der Waals surface area contributed by atoms with Crippen LogP contribution in [-0.2, 0) is 0 Å². The van der Waals surface area contributed by atoms with Gasteiger partial charge in [-0.25, -0.2) is 9.97 Å². The highest BCUT2D eigenvalue weighted by Gasteiger charge is 2.32. The molecule has 9 heteroatoms. The van der Waals surface area contributed by atoms with Crippen molar-refractivity contribution in [2.75, 3.05) is 18.5 Å². The lowest BCUT2D eigenvalue weighted by atomic mass is 10.1. The minimum absolute atomic E-state index is 0.147. The monoisotopic (exact) mass is 471 g/mol. The maximum Gasteiger partial charge on any atom is 0.280 e. The molecule has 33 heavy (non-hydrogen) atoms. The van der Waals surface area contributed by atoms with Crippen LogP contribution in [0, 0.1) is 12.8 Å². The summed E-state index contributed by atoms with van der Waals surface area (Å²) in [6.45, 7) is 8.45. The van der Waals surface area contributed by atoms with Gasteiger partial charge in [-0.2, -0.15) is 0 Å². The number of thiazole rings is 1. The predicted octanol–water partition coefficient (Wildman–Crippen LogP) is 3.46. The topological polar surface area (TPSA) is 107 Å². The van der Waals surface area contributed by atoms with E-state index in [-0.39, 0.29) is 23.6 Å². The number of nitrogens with one attached hydrogen (secondary N) is 2. The van der Waals surface area contributed by atoms with Crippen LogP contribution < -0.4 is 10.6 Å². The molecule has 2 aromatic heterocycles. The van der Waals surface area contributed by atoms with Crippen LogP contribution in [-0.4, -0.2) is 63.1 Å². The average molecular weight is 472 g/mol. The third-order valence-corrected chi connectivity index (χ3v) is 7.64. The number of likely N-dealkylation sites (tertiary alicyclic amines) is 1. The SMILES string of the molecule is Cc1cc(N[C@@H](C)C2CC2)ncc1-c1sc(C(=O)N[C@H](C)CO)nc1C(=O)N1CCC[C@@H]1C. The molecular formula is C24H33N5O3S. The van der Waals surface area contributed by atoms with Crippen LogP contribution >= 0.6 is 11.3 Å². The molecule has 0 bridgehead atoms. The highest BCUT2D eigenvalue weighted by molar-refractivity contribution is 7.17. The standard InChI is InChI=1S/C24H33N5O3S/c1-13-10-19(27-16(4)17-7-8-17)25-11-18(13)21-20(24(32)29-9-5-6-15(29)3)28-23(33-21)22(31)26-14(2)12-30/h10-11,14-17,30H,5-9,12H2,1-4H3,(H,25,27)(H,26,31)/t14-,15+,16+/m1/s1. The van der Waals surface area contributed by atoms with Gasteiger partial charge in [0.2, 0.25) is 0 Å². The summed E-state index contributed by atoms with van der Waals surface area (Å²) in [4.78, 5) is 37.8. The van der Waals surface area contributed by atoms with Gasteiger partial charge in [-0.15, -0.1) is 11.3 Å². The fraction of sp³-hybridized carbons (Fsp3) is 0.583.